The van der Waals surface area contributed by atoms with Crippen molar-refractivity contribution in [2.45, 2.75) is 12.5 Å². The summed E-state index contributed by atoms with van der Waals surface area (Å²) in [4.78, 5) is 15.9. The fourth-order valence-corrected chi connectivity index (χ4v) is 3.03. The second kappa shape index (κ2) is 6.32. The first kappa shape index (κ1) is 14.2. The molecule has 0 aliphatic carbocycles. The van der Waals surface area contributed by atoms with Gasteiger partial charge in [0, 0.05) is 24.4 Å². The Bertz CT molecular complexity index is 601. The molecule has 2 heterocycles. The van der Waals surface area contributed by atoms with Gasteiger partial charge in [-0.3, -0.25) is 4.79 Å². The van der Waals surface area contributed by atoms with E-state index >= 15 is 0 Å². The van der Waals surface area contributed by atoms with E-state index in [0.717, 1.165) is 12.0 Å². The molecule has 3 rings (SSSR count). The van der Waals surface area contributed by atoms with E-state index < -0.39 is 0 Å². The lowest BCUT2D eigenvalue weighted by Gasteiger charge is -2.19. The van der Waals surface area contributed by atoms with E-state index in [-0.39, 0.29) is 23.7 Å². The fraction of sp³-hybridized carbons (Fsp3) is 0.333. The van der Waals surface area contributed by atoms with Crippen LogP contribution in [0.5, 0.6) is 0 Å². The van der Waals surface area contributed by atoms with Crippen LogP contribution < -0.4 is 5.32 Å². The highest BCUT2D eigenvalue weighted by molar-refractivity contribution is 7.07. The molecule has 0 saturated carbocycles. The Morgan fingerprint density at radius 3 is 2.95 bits per heavy atom. The number of hydrogen-bond donors (Lipinski definition) is 1. The lowest BCUT2D eigenvalue weighted by atomic mass is 9.95. The van der Waals surface area contributed by atoms with Crippen LogP contribution in [0.15, 0.2) is 35.2 Å². The third-order valence-electron chi connectivity index (χ3n) is 3.60. The van der Waals surface area contributed by atoms with Crippen LogP contribution in [0, 0.1) is 11.7 Å². The van der Waals surface area contributed by atoms with Crippen molar-refractivity contribution in [1.82, 2.24) is 10.3 Å². The van der Waals surface area contributed by atoms with Crippen molar-refractivity contribution in [1.29, 1.82) is 0 Å². The van der Waals surface area contributed by atoms with Gasteiger partial charge in [-0.05, 0) is 24.1 Å². The van der Waals surface area contributed by atoms with Crippen LogP contribution in [-0.4, -0.2) is 24.0 Å². The topological polar surface area (TPSA) is 51.2 Å². The maximum Gasteiger partial charge on any atom is 0.270 e. The summed E-state index contributed by atoms with van der Waals surface area (Å²) in [6.45, 7) is 1.18. The number of amides is 1. The minimum atomic E-state index is -0.259. The van der Waals surface area contributed by atoms with Gasteiger partial charge in [-0.2, -0.15) is 0 Å². The maximum atomic E-state index is 13.0. The Labute approximate surface area is 126 Å². The molecular weight excluding hydrogens is 291 g/mol. The number of hydrogen-bond acceptors (Lipinski definition) is 4. The predicted octanol–water partition coefficient (Wildman–Crippen LogP) is 2.79. The van der Waals surface area contributed by atoms with E-state index in [0.29, 0.717) is 18.8 Å². The van der Waals surface area contributed by atoms with Crippen LogP contribution in [0.25, 0.3) is 0 Å². The van der Waals surface area contributed by atoms with Crippen molar-refractivity contribution >= 4 is 17.2 Å². The Kier molecular flexibility index (Phi) is 4.26. The van der Waals surface area contributed by atoms with Gasteiger partial charge in [0.1, 0.15) is 11.5 Å². The van der Waals surface area contributed by atoms with Gasteiger partial charge in [0.25, 0.3) is 5.91 Å². The number of carbonyl (C=O) groups excluding carboxylic acids is 1. The number of carbonyl (C=O) groups is 1. The zero-order valence-electron chi connectivity index (χ0n) is 11.3. The molecule has 0 radical (unpaired) electrons. The molecule has 1 N–H and O–H groups in total. The molecule has 1 saturated heterocycles. The summed E-state index contributed by atoms with van der Waals surface area (Å²) in [5.74, 6) is -0.232. The van der Waals surface area contributed by atoms with Gasteiger partial charge in [0.15, 0.2) is 0 Å². The summed E-state index contributed by atoms with van der Waals surface area (Å²) in [5.41, 5.74) is 3.02. The van der Waals surface area contributed by atoms with Crippen LogP contribution in [0.1, 0.15) is 28.6 Å². The van der Waals surface area contributed by atoms with E-state index in [1.165, 1.54) is 23.5 Å². The zero-order chi connectivity index (χ0) is 14.7. The Morgan fingerprint density at radius 2 is 2.24 bits per heavy atom. The van der Waals surface area contributed by atoms with Crippen LogP contribution in [0.2, 0.25) is 0 Å². The first-order valence-electron chi connectivity index (χ1n) is 6.77. The summed E-state index contributed by atoms with van der Waals surface area (Å²) >= 11 is 1.39. The highest BCUT2D eigenvalue weighted by atomic mass is 32.1. The van der Waals surface area contributed by atoms with Gasteiger partial charge < -0.3 is 10.1 Å². The van der Waals surface area contributed by atoms with Gasteiger partial charge in [-0.1, -0.05) is 12.1 Å². The largest absolute Gasteiger partial charge is 0.373 e. The van der Waals surface area contributed by atoms with Gasteiger partial charge in [-0.15, -0.1) is 11.3 Å². The van der Waals surface area contributed by atoms with Crippen molar-refractivity contribution in [2.24, 2.45) is 5.92 Å². The summed E-state index contributed by atoms with van der Waals surface area (Å²) in [7, 11) is 0. The smallest absolute Gasteiger partial charge is 0.270 e. The first-order valence-corrected chi connectivity index (χ1v) is 7.72. The summed E-state index contributed by atoms with van der Waals surface area (Å²) in [5, 5.41) is 4.61. The predicted molar refractivity (Wildman–Crippen MR) is 77.6 cm³/mol. The second-order valence-electron chi connectivity index (χ2n) is 4.98. The van der Waals surface area contributed by atoms with Crippen molar-refractivity contribution in [3.8, 4) is 0 Å². The maximum absolute atomic E-state index is 13.0. The number of thiazole rings is 1. The molecule has 2 aromatic rings. The standard InChI is InChI=1S/C15H15FN2O2S/c16-12-3-1-10(2-4-12)14-11(5-6-20-14)7-17-15(19)13-8-21-9-18-13/h1-4,8-9,11,14H,5-7H2,(H,17,19)/t11-,14-/m0/s1. The summed E-state index contributed by atoms with van der Waals surface area (Å²) in [6.07, 6.45) is 0.778. The molecule has 1 aromatic heterocycles. The van der Waals surface area contributed by atoms with Gasteiger partial charge in [0.05, 0.1) is 11.6 Å². The number of aromatic nitrogens is 1. The Morgan fingerprint density at radius 1 is 1.43 bits per heavy atom. The molecule has 110 valence electrons. The van der Waals surface area contributed by atoms with Gasteiger partial charge in [-0.25, -0.2) is 9.37 Å². The van der Waals surface area contributed by atoms with Crippen molar-refractivity contribution < 1.29 is 13.9 Å². The van der Waals surface area contributed by atoms with Gasteiger partial charge in [0.2, 0.25) is 0 Å². The van der Waals surface area contributed by atoms with Crippen molar-refractivity contribution in [3.63, 3.8) is 0 Å². The van der Waals surface area contributed by atoms with Crippen LogP contribution >= 0.6 is 11.3 Å². The fourth-order valence-electron chi connectivity index (χ4n) is 2.50. The minimum absolute atomic E-state index is 0.0960. The quantitative estimate of drug-likeness (QED) is 0.945. The average Bonchev–Trinajstić information content (AvgIpc) is 3.17. The van der Waals surface area contributed by atoms with E-state index in [9.17, 15) is 9.18 Å². The third-order valence-corrected chi connectivity index (χ3v) is 4.19. The summed E-state index contributed by atoms with van der Waals surface area (Å²) in [6, 6.07) is 6.34. The second-order valence-corrected chi connectivity index (χ2v) is 5.69. The third kappa shape index (κ3) is 3.28. The average molecular weight is 306 g/mol. The molecule has 0 spiro atoms. The zero-order valence-corrected chi connectivity index (χ0v) is 12.1. The van der Waals surface area contributed by atoms with E-state index in [4.69, 9.17) is 4.74 Å². The molecule has 6 heteroatoms. The van der Waals surface area contributed by atoms with E-state index in [2.05, 4.69) is 10.3 Å². The lowest BCUT2D eigenvalue weighted by Crippen LogP contribution is -2.30. The minimum Gasteiger partial charge on any atom is -0.373 e. The number of nitrogens with zero attached hydrogens (tertiary/aromatic N) is 1. The first-order chi connectivity index (χ1) is 10.2. The SMILES string of the molecule is O=C(NC[C@@H]1CCO[C@H]1c1ccc(F)cc1)c1cscn1. The molecule has 1 amide bonds. The number of benzene rings is 1. The van der Waals surface area contributed by atoms with E-state index in [1.807, 2.05) is 0 Å². The Balaban J connectivity index is 1.62. The van der Waals surface area contributed by atoms with Crippen LogP contribution in [0.4, 0.5) is 4.39 Å². The molecular formula is C15H15FN2O2S. The molecule has 0 unspecified atom stereocenters. The highest BCUT2D eigenvalue weighted by Crippen LogP contribution is 2.34. The molecule has 0 bridgehead atoms. The number of rotatable bonds is 4. The number of halogens is 1. The molecule has 1 aromatic carbocycles. The molecule has 1 aliphatic rings. The Hall–Kier alpha value is -1.79. The van der Waals surface area contributed by atoms with Crippen molar-refractivity contribution in [2.75, 3.05) is 13.2 Å². The number of ether oxygens (including phenoxy) is 1. The van der Waals surface area contributed by atoms with E-state index in [1.54, 1.807) is 23.0 Å². The normalized spacial score (nSPS) is 21.4. The highest BCUT2D eigenvalue weighted by Gasteiger charge is 2.30. The van der Waals surface area contributed by atoms with Crippen LogP contribution in [-0.2, 0) is 4.74 Å². The van der Waals surface area contributed by atoms with Gasteiger partial charge >= 0.3 is 0 Å². The van der Waals surface area contributed by atoms with Crippen molar-refractivity contribution in [3.05, 3.63) is 52.2 Å². The lowest BCUT2D eigenvalue weighted by molar-refractivity contribution is 0.0844. The molecule has 1 fully saturated rings. The molecule has 21 heavy (non-hydrogen) atoms. The monoisotopic (exact) mass is 306 g/mol. The number of nitrogens with one attached hydrogen (secondary N) is 1. The molecule has 4 nitrogen and oxygen atoms in total. The molecule has 2 atom stereocenters. The molecule has 1 aliphatic heterocycles. The summed E-state index contributed by atoms with van der Waals surface area (Å²) < 4.78 is 18.7. The van der Waals surface area contributed by atoms with Crippen LogP contribution in [0.3, 0.4) is 0 Å².